The van der Waals surface area contributed by atoms with Crippen molar-refractivity contribution in [3.8, 4) is 0 Å². The van der Waals surface area contributed by atoms with Gasteiger partial charge in [0.1, 0.15) is 5.82 Å². The Morgan fingerprint density at radius 3 is 2.59 bits per heavy atom. The van der Waals surface area contributed by atoms with E-state index in [-0.39, 0.29) is 29.8 Å². The zero-order chi connectivity index (χ0) is 21.0. The average Bonchev–Trinajstić information content (AvgIpc) is 3.01. The third-order valence-electron chi connectivity index (χ3n) is 4.53. The van der Waals surface area contributed by atoms with E-state index in [1.54, 1.807) is 18.2 Å². The Morgan fingerprint density at radius 1 is 1.21 bits per heavy atom. The van der Waals surface area contributed by atoms with Crippen LogP contribution in [0.3, 0.4) is 0 Å². The van der Waals surface area contributed by atoms with Crippen LogP contribution in [-0.4, -0.2) is 39.5 Å². The van der Waals surface area contributed by atoms with Crippen molar-refractivity contribution in [2.75, 3.05) is 18.0 Å². The van der Waals surface area contributed by atoms with Gasteiger partial charge < -0.3 is 15.5 Å². The molecule has 1 atom stereocenters. The van der Waals surface area contributed by atoms with Crippen molar-refractivity contribution in [2.45, 2.75) is 23.8 Å². The maximum atomic E-state index is 13.4. The van der Waals surface area contributed by atoms with Crippen LogP contribution in [-0.2, 0) is 21.2 Å². The molecule has 2 aromatic carbocycles. The van der Waals surface area contributed by atoms with Gasteiger partial charge in [-0.1, -0.05) is 18.2 Å². The molecular weight excluding hydrogens is 399 g/mol. The predicted molar refractivity (Wildman–Crippen MR) is 105 cm³/mol. The SMILES string of the molecule is NS(=O)(=O)c1ccc(CCNC(=O)N[C@@H]2CC(=O)N(c3cccc(F)c3)C2)cc1. The van der Waals surface area contributed by atoms with E-state index in [2.05, 4.69) is 10.6 Å². The van der Waals surface area contributed by atoms with Crippen LogP contribution in [0.5, 0.6) is 0 Å². The summed E-state index contributed by atoms with van der Waals surface area (Å²) in [7, 11) is -3.73. The van der Waals surface area contributed by atoms with Gasteiger partial charge in [0.15, 0.2) is 0 Å². The van der Waals surface area contributed by atoms with E-state index >= 15 is 0 Å². The fraction of sp³-hybridized carbons (Fsp3) is 0.263. The Balaban J connectivity index is 1.46. The predicted octanol–water partition coefficient (Wildman–Crippen LogP) is 1.12. The number of rotatable bonds is 6. The number of carbonyl (C=O) groups is 2. The number of benzene rings is 2. The van der Waals surface area contributed by atoms with Crippen LogP contribution in [0.1, 0.15) is 12.0 Å². The van der Waals surface area contributed by atoms with Crippen molar-refractivity contribution in [3.63, 3.8) is 0 Å². The first kappa shape index (κ1) is 20.7. The third kappa shape index (κ3) is 5.52. The molecule has 154 valence electrons. The summed E-state index contributed by atoms with van der Waals surface area (Å²) in [6, 6.07) is 11.1. The summed E-state index contributed by atoms with van der Waals surface area (Å²) in [6.07, 6.45) is 0.635. The Labute approximate surface area is 167 Å². The van der Waals surface area contributed by atoms with E-state index in [0.717, 1.165) is 5.56 Å². The highest BCUT2D eigenvalue weighted by atomic mass is 32.2. The molecule has 0 spiro atoms. The molecular formula is C19H21FN4O4S. The molecule has 2 aromatic rings. The Hall–Kier alpha value is -2.98. The van der Waals surface area contributed by atoms with Gasteiger partial charge in [0.05, 0.1) is 10.9 Å². The van der Waals surface area contributed by atoms with Gasteiger partial charge in [0, 0.05) is 25.2 Å². The molecule has 10 heteroatoms. The number of amides is 3. The maximum absolute atomic E-state index is 13.4. The van der Waals surface area contributed by atoms with E-state index in [1.165, 1.54) is 35.2 Å². The molecule has 1 saturated heterocycles. The smallest absolute Gasteiger partial charge is 0.315 e. The van der Waals surface area contributed by atoms with Crippen LogP contribution < -0.4 is 20.7 Å². The van der Waals surface area contributed by atoms with Gasteiger partial charge in [-0.05, 0) is 42.3 Å². The van der Waals surface area contributed by atoms with Gasteiger partial charge in [-0.2, -0.15) is 0 Å². The molecule has 4 N–H and O–H groups in total. The van der Waals surface area contributed by atoms with Crippen molar-refractivity contribution in [3.05, 3.63) is 59.9 Å². The molecule has 29 heavy (non-hydrogen) atoms. The lowest BCUT2D eigenvalue weighted by atomic mass is 10.1. The minimum Gasteiger partial charge on any atom is -0.338 e. The number of sulfonamides is 1. The van der Waals surface area contributed by atoms with E-state index in [0.29, 0.717) is 18.7 Å². The lowest BCUT2D eigenvalue weighted by Crippen LogP contribution is -2.43. The molecule has 0 radical (unpaired) electrons. The minimum atomic E-state index is -3.73. The molecule has 0 bridgehead atoms. The number of anilines is 1. The number of nitrogens with zero attached hydrogens (tertiary/aromatic N) is 1. The number of carbonyl (C=O) groups excluding carboxylic acids is 2. The van der Waals surface area contributed by atoms with E-state index < -0.39 is 21.9 Å². The van der Waals surface area contributed by atoms with Crippen molar-refractivity contribution in [1.29, 1.82) is 0 Å². The lowest BCUT2D eigenvalue weighted by molar-refractivity contribution is -0.117. The zero-order valence-electron chi connectivity index (χ0n) is 15.5. The summed E-state index contributed by atoms with van der Waals surface area (Å²) in [5.74, 6) is -0.614. The fourth-order valence-corrected chi connectivity index (χ4v) is 3.62. The molecule has 0 aromatic heterocycles. The maximum Gasteiger partial charge on any atom is 0.315 e. The molecule has 8 nitrogen and oxygen atoms in total. The molecule has 1 aliphatic heterocycles. The summed E-state index contributed by atoms with van der Waals surface area (Å²) in [4.78, 5) is 25.7. The molecule has 3 amide bonds. The quantitative estimate of drug-likeness (QED) is 0.648. The van der Waals surface area contributed by atoms with Gasteiger partial charge in [-0.15, -0.1) is 0 Å². The average molecular weight is 420 g/mol. The van der Waals surface area contributed by atoms with E-state index in [4.69, 9.17) is 5.14 Å². The fourth-order valence-electron chi connectivity index (χ4n) is 3.10. The zero-order valence-corrected chi connectivity index (χ0v) is 16.3. The monoisotopic (exact) mass is 420 g/mol. The first-order valence-corrected chi connectivity index (χ1v) is 10.5. The van der Waals surface area contributed by atoms with Crippen LogP contribution in [0.2, 0.25) is 0 Å². The number of urea groups is 1. The summed E-state index contributed by atoms with van der Waals surface area (Å²) in [5.41, 5.74) is 1.30. The minimum absolute atomic E-state index is 0.0284. The van der Waals surface area contributed by atoms with Gasteiger partial charge >= 0.3 is 6.03 Å². The normalized spacial score (nSPS) is 16.7. The largest absolute Gasteiger partial charge is 0.338 e. The number of hydrogen-bond donors (Lipinski definition) is 3. The topological polar surface area (TPSA) is 122 Å². The summed E-state index contributed by atoms with van der Waals surface area (Å²) in [5, 5.41) is 10.5. The second-order valence-corrected chi connectivity index (χ2v) is 8.29. The Bertz CT molecular complexity index is 1010. The summed E-state index contributed by atoms with van der Waals surface area (Å²) < 4.78 is 35.8. The molecule has 0 saturated carbocycles. The van der Waals surface area contributed by atoms with Crippen LogP contribution in [0.15, 0.2) is 53.4 Å². The van der Waals surface area contributed by atoms with Gasteiger partial charge in [-0.3, -0.25) is 4.79 Å². The molecule has 1 heterocycles. The summed E-state index contributed by atoms with van der Waals surface area (Å²) >= 11 is 0. The Morgan fingerprint density at radius 2 is 1.93 bits per heavy atom. The van der Waals surface area contributed by atoms with Crippen molar-refractivity contribution < 1.29 is 22.4 Å². The Kier molecular flexibility index (Phi) is 6.14. The van der Waals surface area contributed by atoms with Crippen molar-refractivity contribution in [1.82, 2.24) is 10.6 Å². The van der Waals surface area contributed by atoms with Gasteiger partial charge in [0.2, 0.25) is 15.9 Å². The van der Waals surface area contributed by atoms with Crippen LogP contribution in [0, 0.1) is 5.82 Å². The first-order chi connectivity index (χ1) is 13.7. The lowest BCUT2D eigenvalue weighted by Gasteiger charge is -2.17. The van der Waals surface area contributed by atoms with E-state index in [9.17, 15) is 22.4 Å². The highest BCUT2D eigenvalue weighted by Crippen LogP contribution is 2.22. The number of halogens is 1. The van der Waals surface area contributed by atoms with E-state index in [1.807, 2.05) is 0 Å². The second kappa shape index (κ2) is 8.58. The van der Waals surface area contributed by atoms with Crippen molar-refractivity contribution in [2.24, 2.45) is 5.14 Å². The molecule has 1 fully saturated rings. The van der Waals surface area contributed by atoms with Crippen LogP contribution in [0.4, 0.5) is 14.9 Å². The van der Waals surface area contributed by atoms with Gasteiger partial charge in [-0.25, -0.2) is 22.7 Å². The highest BCUT2D eigenvalue weighted by Gasteiger charge is 2.31. The number of nitrogens with two attached hydrogens (primary N) is 1. The molecule has 0 unspecified atom stereocenters. The number of nitrogens with one attached hydrogen (secondary N) is 2. The molecule has 1 aliphatic rings. The van der Waals surface area contributed by atoms with Crippen LogP contribution in [0.25, 0.3) is 0 Å². The first-order valence-electron chi connectivity index (χ1n) is 8.94. The second-order valence-electron chi connectivity index (χ2n) is 6.72. The van der Waals surface area contributed by atoms with Crippen molar-refractivity contribution >= 4 is 27.6 Å². The van der Waals surface area contributed by atoms with Gasteiger partial charge in [0.25, 0.3) is 0 Å². The molecule has 0 aliphatic carbocycles. The molecule has 3 rings (SSSR count). The number of hydrogen-bond acceptors (Lipinski definition) is 4. The highest BCUT2D eigenvalue weighted by molar-refractivity contribution is 7.89. The number of primary sulfonamides is 1. The summed E-state index contributed by atoms with van der Waals surface area (Å²) in [6.45, 7) is 0.597. The third-order valence-corrected chi connectivity index (χ3v) is 5.46. The standard InChI is InChI=1S/C19H21FN4O4S/c20-14-2-1-3-16(10-14)24-12-15(11-18(24)25)23-19(26)22-9-8-13-4-6-17(7-5-13)29(21,27)28/h1-7,10,15H,8-9,11-12H2,(H2,21,27,28)(H2,22,23,26)/t15-/m1/s1. The van der Waals surface area contributed by atoms with Crippen LogP contribution >= 0.6 is 0 Å².